The third-order valence-electron chi connectivity index (χ3n) is 3.27. The highest BCUT2D eigenvalue weighted by Gasteiger charge is 2.31. The van der Waals surface area contributed by atoms with E-state index in [0.717, 1.165) is 13.0 Å². The minimum atomic E-state index is -3.63. The standard InChI is InChI=1S/C15H24N2O3S/c1-6-9-16-11-14-12(4)20-13(5)15(14)21(18,19)17(8-3)10-7-2/h2,16H,6,8-11H2,1,3-5H3. The molecule has 6 heteroatoms. The zero-order valence-electron chi connectivity index (χ0n) is 13.2. The summed E-state index contributed by atoms with van der Waals surface area (Å²) in [5, 5.41) is 3.22. The minimum Gasteiger partial charge on any atom is -0.465 e. The molecule has 21 heavy (non-hydrogen) atoms. The molecule has 1 aromatic heterocycles. The normalized spacial score (nSPS) is 11.8. The molecule has 0 aliphatic heterocycles. The van der Waals surface area contributed by atoms with Crippen molar-refractivity contribution in [3.8, 4) is 12.3 Å². The molecular formula is C15H24N2O3S. The second-order valence-electron chi connectivity index (χ2n) is 4.83. The lowest BCUT2D eigenvalue weighted by Gasteiger charge is -2.18. The molecule has 0 aliphatic rings. The van der Waals surface area contributed by atoms with Crippen LogP contribution >= 0.6 is 0 Å². The lowest BCUT2D eigenvalue weighted by atomic mass is 10.2. The van der Waals surface area contributed by atoms with Crippen LogP contribution in [0.2, 0.25) is 0 Å². The molecule has 0 aromatic carbocycles. The smallest absolute Gasteiger partial charge is 0.247 e. The second kappa shape index (κ2) is 7.64. The number of terminal acetylenes is 1. The molecule has 1 rings (SSSR count). The molecule has 118 valence electrons. The zero-order valence-corrected chi connectivity index (χ0v) is 14.0. The Morgan fingerprint density at radius 1 is 1.29 bits per heavy atom. The van der Waals surface area contributed by atoms with E-state index < -0.39 is 10.0 Å². The van der Waals surface area contributed by atoms with Crippen molar-refractivity contribution in [3.63, 3.8) is 0 Å². The van der Waals surface area contributed by atoms with E-state index in [1.807, 2.05) is 0 Å². The summed E-state index contributed by atoms with van der Waals surface area (Å²) < 4.78 is 32.4. The van der Waals surface area contributed by atoms with Gasteiger partial charge in [-0.2, -0.15) is 4.31 Å². The first kappa shape index (κ1) is 17.8. The number of nitrogens with zero attached hydrogens (tertiary/aromatic N) is 1. The van der Waals surface area contributed by atoms with E-state index in [4.69, 9.17) is 10.8 Å². The van der Waals surface area contributed by atoms with Gasteiger partial charge in [-0.15, -0.1) is 6.42 Å². The number of hydrogen-bond donors (Lipinski definition) is 1. The van der Waals surface area contributed by atoms with E-state index in [0.29, 0.717) is 30.2 Å². The Morgan fingerprint density at radius 2 is 1.95 bits per heavy atom. The van der Waals surface area contributed by atoms with Crippen molar-refractivity contribution in [2.45, 2.75) is 45.6 Å². The summed E-state index contributed by atoms with van der Waals surface area (Å²) in [6.07, 6.45) is 6.25. The van der Waals surface area contributed by atoms with E-state index in [1.165, 1.54) is 4.31 Å². The van der Waals surface area contributed by atoms with Crippen molar-refractivity contribution in [2.75, 3.05) is 19.6 Å². The van der Waals surface area contributed by atoms with Gasteiger partial charge in [0, 0.05) is 18.7 Å². The van der Waals surface area contributed by atoms with Crippen LogP contribution in [0.15, 0.2) is 9.31 Å². The quantitative estimate of drug-likeness (QED) is 0.589. The number of aryl methyl sites for hydroxylation is 2. The van der Waals surface area contributed by atoms with Crippen LogP contribution in [0.3, 0.4) is 0 Å². The number of sulfonamides is 1. The maximum absolute atomic E-state index is 12.8. The fourth-order valence-electron chi connectivity index (χ4n) is 2.24. The van der Waals surface area contributed by atoms with Crippen LogP contribution in [0.1, 0.15) is 37.4 Å². The lowest BCUT2D eigenvalue weighted by Crippen LogP contribution is -2.32. The number of nitrogens with one attached hydrogen (secondary N) is 1. The van der Waals surface area contributed by atoms with Gasteiger partial charge in [-0.25, -0.2) is 8.42 Å². The highest BCUT2D eigenvalue weighted by molar-refractivity contribution is 7.89. The Bertz CT molecular complexity index is 612. The van der Waals surface area contributed by atoms with E-state index in [1.54, 1.807) is 20.8 Å². The highest BCUT2D eigenvalue weighted by Crippen LogP contribution is 2.29. The first-order chi connectivity index (χ1) is 9.89. The van der Waals surface area contributed by atoms with Crippen LogP contribution in [-0.4, -0.2) is 32.4 Å². The predicted molar refractivity (Wildman–Crippen MR) is 83.4 cm³/mol. The Morgan fingerprint density at radius 3 is 2.48 bits per heavy atom. The molecule has 0 atom stereocenters. The SMILES string of the molecule is C#CCN(CC)S(=O)(=O)c1c(C)oc(C)c1CNCCC. The van der Waals surface area contributed by atoms with Crippen molar-refractivity contribution in [1.82, 2.24) is 9.62 Å². The van der Waals surface area contributed by atoms with Gasteiger partial charge in [0.1, 0.15) is 16.4 Å². The number of hydrogen-bond acceptors (Lipinski definition) is 4. The van der Waals surface area contributed by atoms with Crippen molar-refractivity contribution in [3.05, 3.63) is 17.1 Å². The summed E-state index contributed by atoms with van der Waals surface area (Å²) in [6, 6.07) is 0. The maximum Gasteiger partial charge on any atom is 0.247 e. The predicted octanol–water partition coefficient (Wildman–Crippen LogP) is 2.04. The van der Waals surface area contributed by atoms with Gasteiger partial charge in [-0.1, -0.05) is 19.8 Å². The van der Waals surface area contributed by atoms with Gasteiger partial charge in [0.2, 0.25) is 10.0 Å². The third kappa shape index (κ3) is 3.88. The molecule has 0 amide bonds. The molecule has 0 saturated heterocycles. The Labute approximate surface area is 127 Å². The average Bonchev–Trinajstić information content (AvgIpc) is 2.71. The van der Waals surface area contributed by atoms with Gasteiger partial charge in [0.15, 0.2) is 0 Å². The highest BCUT2D eigenvalue weighted by atomic mass is 32.2. The maximum atomic E-state index is 12.8. The van der Waals surface area contributed by atoms with Crippen LogP contribution in [0, 0.1) is 26.2 Å². The van der Waals surface area contributed by atoms with E-state index >= 15 is 0 Å². The fraction of sp³-hybridized carbons (Fsp3) is 0.600. The molecule has 0 fully saturated rings. The van der Waals surface area contributed by atoms with Gasteiger partial charge in [-0.3, -0.25) is 0 Å². The van der Waals surface area contributed by atoms with Gasteiger partial charge in [0.05, 0.1) is 6.54 Å². The van der Waals surface area contributed by atoms with Crippen molar-refractivity contribution < 1.29 is 12.8 Å². The monoisotopic (exact) mass is 312 g/mol. The van der Waals surface area contributed by atoms with Crippen LogP contribution in [0.5, 0.6) is 0 Å². The number of rotatable bonds is 8. The second-order valence-corrected chi connectivity index (χ2v) is 6.71. The van der Waals surface area contributed by atoms with Crippen molar-refractivity contribution in [1.29, 1.82) is 0 Å². The van der Waals surface area contributed by atoms with Crippen LogP contribution < -0.4 is 5.32 Å². The molecule has 0 unspecified atom stereocenters. The van der Waals surface area contributed by atoms with Gasteiger partial charge < -0.3 is 9.73 Å². The molecule has 1 N–H and O–H groups in total. The summed E-state index contributed by atoms with van der Waals surface area (Å²) in [7, 11) is -3.63. The topological polar surface area (TPSA) is 62.6 Å². The summed E-state index contributed by atoms with van der Waals surface area (Å²) in [4.78, 5) is 0.251. The first-order valence-corrected chi connectivity index (χ1v) is 8.57. The third-order valence-corrected chi connectivity index (χ3v) is 5.39. The van der Waals surface area contributed by atoms with Crippen LogP contribution in [0.4, 0.5) is 0 Å². The zero-order chi connectivity index (χ0) is 16.0. The molecule has 5 nitrogen and oxygen atoms in total. The molecule has 1 heterocycles. The van der Waals surface area contributed by atoms with Gasteiger partial charge >= 0.3 is 0 Å². The molecule has 1 aromatic rings. The van der Waals surface area contributed by atoms with Gasteiger partial charge in [0.25, 0.3) is 0 Å². The number of furan rings is 1. The van der Waals surface area contributed by atoms with Gasteiger partial charge in [-0.05, 0) is 26.8 Å². The Kier molecular flexibility index (Phi) is 6.46. The summed E-state index contributed by atoms with van der Waals surface area (Å²) in [5.41, 5.74) is 0.691. The van der Waals surface area contributed by atoms with E-state index in [2.05, 4.69) is 18.2 Å². The fourth-order valence-corrected chi connectivity index (χ4v) is 4.01. The minimum absolute atomic E-state index is 0.0599. The molecule has 0 bridgehead atoms. The molecule has 0 aliphatic carbocycles. The molecule has 0 spiro atoms. The summed E-state index contributed by atoms with van der Waals surface area (Å²) in [6.45, 7) is 8.97. The molecular weight excluding hydrogens is 288 g/mol. The Balaban J connectivity index is 3.25. The lowest BCUT2D eigenvalue weighted by molar-refractivity contribution is 0.457. The van der Waals surface area contributed by atoms with Crippen LogP contribution in [0.25, 0.3) is 0 Å². The Hall–Kier alpha value is -1.29. The summed E-state index contributed by atoms with van der Waals surface area (Å²) in [5.74, 6) is 3.44. The van der Waals surface area contributed by atoms with Crippen LogP contribution in [-0.2, 0) is 16.6 Å². The van der Waals surface area contributed by atoms with Crippen molar-refractivity contribution >= 4 is 10.0 Å². The van der Waals surface area contributed by atoms with E-state index in [9.17, 15) is 8.42 Å². The molecule has 0 radical (unpaired) electrons. The first-order valence-electron chi connectivity index (χ1n) is 7.13. The average molecular weight is 312 g/mol. The van der Waals surface area contributed by atoms with Crippen molar-refractivity contribution in [2.24, 2.45) is 0 Å². The summed E-state index contributed by atoms with van der Waals surface area (Å²) >= 11 is 0. The molecule has 0 saturated carbocycles. The largest absolute Gasteiger partial charge is 0.465 e. The van der Waals surface area contributed by atoms with E-state index in [-0.39, 0.29) is 11.4 Å².